The van der Waals surface area contributed by atoms with E-state index in [9.17, 15) is 14.7 Å². The molecule has 0 radical (unpaired) electrons. The highest BCUT2D eigenvalue weighted by molar-refractivity contribution is 5.87. The van der Waals surface area contributed by atoms with Crippen LogP contribution in [-0.4, -0.2) is 29.1 Å². The molecule has 1 unspecified atom stereocenters. The zero-order valence-electron chi connectivity index (χ0n) is 12.4. The van der Waals surface area contributed by atoms with Crippen molar-refractivity contribution in [3.8, 4) is 0 Å². The first-order valence-electron chi connectivity index (χ1n) is 7.36. The van der Waals surface area contributed by atoms with Gasteiger partial charge in [0.2, 0.25) is 5.91 Å². The largest absolute Gasteiger partial charge is 0.480 e. The van der Waals surface area contributed by atoms with Crippen molar-refractivity contribution in [1.29, 1.82) is 0 Å². The first kappa shape index (κ1) is 15.5. The summed E-state index contributed by atoms with van der Waals surface area (Å²) in [6.07, 6.45) is 1.30. The van der Waals surface area contributed by atoms with Crippen LogP contribution in [0.4, 0.5) is 0 Å². The number of benzene rings is 1. The van der Waals surface area contributed by atoms with Gasteiger partial charge in [0.25, 0.3) is 0 Å². The van der Waals surface area contributed by atoms with E-state index < -0.39 is 12.0 Å². The molecular formula is C16H22N2O3. The third-order valence-electron chi connectivity index (χ3n) is 4.17. The molecule has 3 N–H and O–H groups in total. The fraction of sp³-hybridized carbons (Fsp3) is 0.500. The molecule has 114 valence electrons. The van der Waals surface area contributed by atoms with E-state index in [0.717, 1.165) is 5.56 Å². The highest BCUT2D eigenvalue weighted by Crippen LogP contribution is 2.17. The number of nitrogens with one attached hydrogen (secondary N) is 2. The first-order chi connectivity index (χ1) is 10.0. The van der Waals surface area contributed by atoms with Gasteiger partial charge in [0, 0.05) is 6.54 Å². The Morgan fingerprint density at radius 2 is 2.05 bits per heavy atom. The summed E-state index contributed by atoms with van der Waals surface area (Å²) in [7, 11) is 0. The maximum absolute atomic E-state index is 12.3. The van der Waals surface area contributed by atoms with Gasteiger partial charge in [-0.25, -0.2) is 4.79 Å². The van der Waals surface area contributed by atoms with Gasteiger partial charge in [-0.1, -0.05) is 44.5 Å². The second-order valence-corrected chi connectivity index (χ2v) is 5.62. The number of hydrogen-bond donors (Lipinski definition) is 3. The van der Waals surface area contributed by atoms with Gasteiger partial charge in [0.05, 0.1) is 6.04 Å². The zero-order valence-corrected chi connectivity index (χ0v) is 12.4. The van der Waals surface area contributed by atoms with E-state index in [1.165, 1.54) is 5.56 Å². The molecule has 1 amide bonds. The Labute approximate surface area is 124 Å². The van der Waals surface area contributed by atoms with Crippen LogP contribution in [0.25, 0.3) is 0 Å². The van der Waals surface area contributed by atoms with E-state index in [1.807, 2.05) is 38.1 Å². The van der Waals surface area contributed by atoms with E-state index in [2.05, 4.69) is 10.6 Å². The van der Waals surface area contributed by atoms with Crippen LogP contribution >= 0.6 is 0 Å². The van der Waals surface area contributed by atoms with Crippen LogP contribution in [0, 0.1) is 5.92 Å². The summed E-state index contributed by atoms with van der Waals surface area (Å²) in [6, 6.07) is 6.78. The molecule has 0 spiro atoms. The Hall–Kier alpha value is -1.88. The minimum Gasteiger partial charge on any atom is -0.480 e. The molecule has 5 nitrogen and oxygen atoms in total. The minimum absolute atomic E-state index is 0.0951. The predicted molar refractivity (Wildman–Crippen MR) is 79.8 cm³/mol. The van der Waals surface area contributed by atoms with Crippen molar-refractivity contribution < 1.29 is 14.7 Å². The van der Waals surface area contributed by atoms with Crippen molar-refractivity contribution in [2.45, 2.75) is 45.3 Å². The number of carbonyl (C=O) groups is 2. The molecule has 0 aromatic heterocycles. The Morgan fingerprint density at radius 3 is 2.67 bits per heavy atom. The summed E-state index contributed by atoms with van der Waals surface area (Å²) < 4.78 is 0. The number of carboxylic acid groups (broad SMARTS) is 1. The predicted octanol–water partition coefficient (Wildman–Crippen LogP) is 1.32. The topological polar surface area (TPSA) is 78.4 Å². The fourth-order valence-electron chi connectivity index (χ4n) is 2.58. The summed E-state index contributed by atoms with van der Waals surface area (Å²) >= 11 is 0. The lowest BCUT2D eigenvalue weighted by atomic mass is 9.94. The third-order valence-corrected chi connectivity index (χ3v) is 4.17. The fourth-order valence-corrected chi connectivity index (χ4v) is 2.58. The molecule has 0 fully saturated rings. The van der Waals surface area contributed by atoms with Crippen LogP contribution in [0.5, 0.6) is 0 Å². The number of aliphatic carboxylic acids is 1. The van der Waals surface area contributed by atoms with Crippen molar-refractivity contribution in [3.63, 3.8) is 0 Å². The quantitative estimate of drug-likeness (QED) is 0.764. The molecule has 0 bridgehead atoms. The minimum atomic E-state index is -0.978. The second kappa shape index (κ2) is 6.72. The summed E-state index contributed by atoms with van der Waals surface area (Å²) in [5.41, 5.74) is 2.34. The summed E-state index contributed by atoms with van der Waals surface area (Å²) in [6.45, 7) is 4.39. The SMILES string of the molecule is CCC(C)[C@H](NC(=O)[C@@H]1Cc2ccccc2CN1)C(=O)O. The lowest BCUT2D eigenvalue weighted by Crippen LogP contribution is -2.54. The highest BCUT2D eigenvalue weighted by Gasteiger charge is 2.30. The molecule has 5 heteroatoms. The lowest BCUT2D eigenvalue weighted by molar-refractivity contribution is -0.143. The Balaban J connectivity index is 2.03. The normalized spacial score (nSPS) is 20.2. The molecule has 1 aromatic rings. The molecule has 1 heterocycles. The van der Waals surface area contributed by atoms with Crippen molar-refractivity contribution in [2.75, 3.05) is 0 Å². The molecule has 0 aliphatic carbocycles. The molecule has 0 saturated heterocycles. The van der Waals surface area contributed by atoms with Gasteiger partial charge in [-0.15, -0.1) is 0 Å². The second-order valence-electron chi connectivity index (χ2n) is 5.62. The van der Waals surface area contributed by atoms with E-state index in [0.29, 0.717) is 19.4 Å². The van der Waals surface area contributed by atoms with Crippen molar-refractivity contribution in [2.24, 2.45) is 5.92 Å². The summed E-state index contributed by atoms with van der Waals surface area (Å²) in [5, 5.41) is 15.1. The third kappa shape index (κ3) is 3.61. The van der Waals surface area contributed by atoms with Crippen LogP contribution in [0.3, 0.4) is 0 Å². The van der Waals surface area contributed by atoms with Crippen molar-refractivity contribution in [3.05, 3.63) is 35.4 Å². The van der Waals surface area contributed by atoms with Gasteiger partial charge >= 0.3 is 5.97 Å². The maximum atomic E-state index is 12.3. The number of fused-ring (bicyclic) bond motifs is 1. The van der Waals surface area contributed by atoms with Crippen LogP contribution in [0.15, 0.2) is 24.3 Å². The maximum Gasteiger partial charge on any atom is 0.326 e. The number of amides is 1. The smallest absolute Gasteiger partial charge is 0.326 e. The van der Waals surface area contributed by atoms with Crippen molar-refractivity contribution >= 4 is 11.9 Å². The number of carbonyl (C=O) groups excluding carboxylic acids is 1. The van der Waals surface area contributed by atoms with Crippen LogP contribution < -0.4 is 10.6 Å². The lowest BCUT2D eigenvalue weighted by Gasteiger charge is -2.28. The van der Waals surface area contributed by atoms with Gasteiger partial charge in [0.15, 0.2) is 0 Å². The highest BCUT2D eigenvalue weighted by atomic mass is 16.4. The Kier molecular flexibility index (Phi) is 4.96. The van der Waals surface area contributed by atoms with Gasteiger partial charge in [-0.2, -0.15) is 0 Å². The van der Waals surface area contributed by atoms with E-state index in [4.69, 9.17) is 0 Å². The first-order valence-corrected chi connectivity index (χ1v) is 7.36. The molecule has 0 saturated carbocycles. The molecule has 1 aromatic carbocycles. The van der Waals surface area contributed by atoms with Crippen LogP contribution in [0.1, 0.15) is 31.4 Å². The number of rotatable bonds is 5. The molecule has 3 atom stereocenters. The van der Waals surface area contributed by atoms with Gasteiger partial charge < -0.3 is 15.7 Å². The van der Waals surface area contributed by atoms with Crippen LogP contribution in [-0.2, 0) is 22.6 Å². The zero-order chi connectivity index (χ0) is 15.4. The molecule has 1 aliphatic heterocycles. The van der Waals surface area contributed by atoms with Gasteiger partial charge in [-0.05, 0) is 23.5 Å². The molecule has 1 aliphatic rings. The summed E-state index contributed by atoms with van der Waals surface area (Å²) in [4.78, 5) is 23.6. The van der Waals surface area contributed by atoms with Crippen LogP contribution in [0.2, 0.25) is 0 Å². The monoisotopic (exact) mass is 290 g/mol. The molecule has 2 rings (SSSR count). The van der Waals surface area contributed by atoms with Gasteiger partial charge in [-0.3, -0.25) is 4.79 Å². The molecular weight excluding hydrogens is 268 g/mol. The van der Waals surface area contributed by atoms with E-state index >= 15 is 0 Å². The van der Waals surface area contributed by atoms with E-state index in [1.54, 1.807) is 0 Å². The Morgan fingerprint density at radius 1 is 1.38 bits per heavy atom. The number of hydrogen-bond acceptors (Lipinski definition) is 3. The average Bonchev–Trinajstić information content (AvgIpc) is 2.50. The number of carboxylic acids is 1. The van der Waals surface area contributed by atoms with E-state index in [-0.39, 0.29) is 17.9 Å². The Bertz CT molecular complexity index is 530. The average molecular weight is 290 g/mol. The van der Waals surface area contributed by atoms with Gasteiger partial charge in [0.1, 0.15) is 6.04 Å². The molecule has 21 heavy (non-hydrogen) atoms. The standard InChI is InChI=1S/C16H22N2O3/c1-3-10(2)14(16(20)21)18-15(19)13-8-11-6-4-5-7-12(11)9-17-13/h4-7,10,13-14,17H,3,8-9H2,1-2H3,(H,18,19)(H,20,21)/t10?,13-,14-/m0/s1. The summed E-state index contributed by atoms with van der Waals surface area (Å²) in [5.74, 6) is -1.31. The van der Waals surface area contributed by atoms with Crippen molar-refractivity contribution in [1.82, 2.24) is 10.6 Å².